The molecule has 0 radical (unpaired) electrons. The molecule has 0 aromatic carbocycles. The maximum absolute atomic E-state index is 11.0. The highest BCUT2D eigenvalue weighted by Gasteiger charge is 2.06. The van der Waals surface area contributed by atoms with Gasteiger partial charge in [0.15, 0.2) is 0 Å². The average molecular weight is 224 g/mol. The van der Waals surface area contributed by atoms with Crippen LogP contribution in [0.4, 0.5) is 0 Å². The number of carbonyl (C=O) groups is 1. The Morgan fingerprint density at radius 2 is 2.25 bits per heavy atom. The van der Waals surface area contributed by atoms with Crippen LogP contribution in [0.25, 0.3) is 0 Å². The summed E-state index contributed by atoms with van der Waals surface area (Å²) in [6.45, 7) is 7.69. The molecule has 0 bridgehead atoms. The van der Waals surface area contributed by atoms with Gasteiger partial charge in [-0.25, -0.2) is 4.79 Å². The number of nitriles is 1. The fraction of sp³-hybridized carbons (Fsp3) is 0.667. The zero-order valence-corrected chi connectivity index (χ0v) is 10.3. The average Bonchev–Trinajstić information content (AvgIpc) is 2.23. The van der Waals surface area contributed by atoms with Crippen molar-refractivity contribution in [2.45, 2.75) is 33.2 Å². The lowest BCUT2D eigenvalue weighted by molar-refractivity contribution is -0.137. The van der Waals surface area contributed by atoms with Gasteiger partial charge < -0.3 is 4.74 Å². The van der Waals surface area contributed by atoms with E-state index >= 15 is 0 Å². The van der Waals surface area contributed by atoms with E-state index in [1.165, 1.54) is 6.08 Å². The third-order valence-corrected chi connectivity index (χ3v) is 2.12. The van der Waals surface area contributed by atoms with Gasteiger partial charge in [-0.15, -0.1) is 0 Å². The second-order valence-corrected chi connectivity index (χ2v) is 3.65. The van der Waals surface area contributed by atoms with Crippen molar-refractivity contribution in [3.8, 4) is 6.07 Å². The second-order valence-electron chi connectivity index (χ2n) is 3.65. The van der Waals surface area contributed by atoms with Gasteiger partial charge >= 0.3 is 5.97 Å². The van der Waals surface area contributed by atoms with Gasteiger partial charge in [-0.3, -0.25) is 4.90 Å². The number of esters is 1. The molecule has 0 heterocycles. The summed E-state index contributed by atoms with van der Waals surface area (Å²) in [5, 5.41) is 8.51. The smallest absolute Gasteiger partial charge is 0.330 e. The third kappa shape index (κ3) is 7.02. The van der Waals surface area contributed by atoms with Gasteiger partial charge in [0, 0.05) is 31.6 Å². The van der Waals surface area contributed by atoms with Crippen molar-refractivity contribution in [2.24, 2.45) is 0 Å². The Bertz CT molecular complexity index is 267. The van der Waals surface area contributed by atoms with E-state index in [1.54, 1.807) is 13.0 Å². The normalized spacial score (nSPS) is 11.0. The lowest BCUT2D eigenvalue weighted by atomic mass is 10.3. The van der Waals surface area contributed by atoms with Crippen LogP contribution in [0.15, 0.2) is 12.2 Å². The van der Waals surface area contributed by atoms with Crippen molar-refractivity contribution in [3.05, 3.63) is 12.2 Å². The first-order valence-corrected chi connectivity index (χ1v) is 5.56. The standard InChI is InChI=1S/C12H20N2O2/c1-4-16-12(15)7-5-9-14(11(2)3)10-6-8-13/h5,7,11H,4,6,9-10H2,1-3H3/b7-5+. The lowest BCUT2D eigenvalue weighted by Gasteiger charge is -2.23. The summed E-state index contributed by atoms with van der Waals surface area (Å²) < 4.78 is 4.77. The highest BCUT2D eigenvalue weighted by molar-refractivity contribution is 5.81. The Labute approximate surface area is 97.5 Å². The molecule has 0 aliphatic carbocycles. The first-order valence-electron chi connectivity index (χ1n) is 5.56. The Balaban J connectivity index is 4.01. The van der Waals surface area contributed by atoms with Gasteiger partial charge in [0.1, 0.15) is 0 Å². The second kappa shape index (κ2) is 8.93. The summed E-state index contributed by atoms with van der Waals surface area (Å²) in [6.07, 6.45) is 3.71. The Kier molecular flexibility index (Phi) is 8.18. The maximum Gasteiger partial charge on any atom is 0.330 e. The Hall–Kier alpha value is -1.34. The number of hydrogen-bond acceptors (Lipinski definition) is 4. The van der Waals surface area contributed by atoms with Crippen LogP contribution in [-0.4, -0.2) is 36.6 Å². The molecule has 0 amide bonds. The molecular weight excluding hydrogens is 204 g/mol. The van der Waals surface area contributed by atoms with Gasteiger partial charge in [0.2, 0.25) is 0 Å². The van der Waals surface area contributed by atoms with E-state index in [0.29, 0.717) is 25.6 Å². The fourth-order valence-corrected chi connectivity index (χ4v) is 1.23. The predicted octanol–water partition coefficient (Wildman–Crippen LogP) is 1.73. The lowest BCUT2D eigenvalue weighted by Crippen LogP contribution is -2.31. The van der Waals surface area contributed by atoms with Crippen molar-refractivity contribution in [1.29, 1.82) is 5.26 Å². The Morgan fingerprint density at radius 1 is 1.56 bits per heavy atom. The summed E-state index contributed by atoms with van der Waals surface area (Å²) in [5.41, 5.74) is 0. The molecule has 4 heteroatoms. The van der Waals surface area contributed by atoms with E-state index in [4.69, 9.17) is 10.00 Å². The minimum absolute atomic E-state index is 0.313. The SMILES string of the molecule is CCOC(=O)/C=C/CN(CCC#N)C(C)C. The summed E-state index contributed by atoms with van der Waals surface area (Å²) >= 11 is 0. The molecule has 0 aliphatic rings. The van der Waals surface area contributed by atoms with E-state index in [1.807, 2.05) is 0 Å². The van der Waals surface area contributed by atoms with Crippen LogP contribution in [0, 0.1) is 11.3 Å². The highest BCUT2D eigenvalue weighted by atomic mass is 16.5. The van der Waals surface area contributed by atoms with Crippen molar-refractivity contribution >= 4 is 5.97 Å². The summed E-state index contributed by atoms with van der Waals surface area (Å²) in [4.78, 5) is 13.2. The van der Waals surface area contributed by atoms with Crippen LogP contribution < -0.4 is 0 Å². The minimum Gasteiger partial charge on any atom is -0.463 e. The molecule has 0 saturated carbocycles. The van der Waals surface area contributed by atoms with Gasteiger partial charge in [-0.2, -0.15) is 5.26 Å². The molecule has 0 fully saturated rings. The van der Waals surface area contributed by atoms with E-state index in [0.717, 1.165) is 6.54 Å². The van der Waals surface area contributed by atoms with Crippen LogP contribution in [-0.2, 0) is 9.53 Å². The van der Waals surface area contributed by atoms with Gasteiger partial charge in [0.25, 0.3) is 0 Å². The third-order valence-electron chi connectivity index (χ3n) is 2.12. The predicted molar refractivity (Wildman–Crippen MR) is 62.7 cm³/mol. The molecule has 16 heavy (non-hydrogen) atoms. The van der Waals surface area contributed by atoms with Gasteiger partial charge in [-0.05, 0) is 20.8 Å². The molecule has 0 spiro atoms. The van der Waals surface area contributed by atoms with Crippen LogP contribution in [0.3, 0.4) is 0 Å². The maximum atomic E-state index is 11.0. The first-order chi connectivity index (χ1) is 7.61. The number of rotatable bonds is 7. The zero-order chi connectivity index (χ0) is 12.4. The molecule has 0 saturated heterocycles. The topological polar surface area (TPSA) is 53.3 Å². The monoisotopic (exact) mass is 224 g/mol. The molecule has 0 N–H and O–H groups in total. The molecule has 0 aromatic rings. The molecule has 0 aliphatic heterocycles. The zero-order valence-electron chi connectivity index (χ0n) is 10.3. The highest BCUT2D eigenvalue weighted by Crippen LogP contribution is 1.99. The summed E-state index contributed by atoms with van der Waals surface area (Å²) in [5.74, 6) is -0.313. The van der Waals surface area contributed by atoms with Gasteiger partial charge in [0.05, 0.1) is 12.7 Å². The number of ether oxygens (including phenoxy) is 1. The fourth-order valence-electron chi connectivity index (χ4n) is 1.23. The summed E-state index contributed by atoms with van der Waals surface area (Å²) in [6, 6.07) is 2.48. The van der Waals surface area contributed by atoms with E-state index in [9.17, 15) is 4.79 Å². The Morgan fingerprint density at radius 3 is 2.75 bits per heavy atom. The summed E-state index contributed by atoms with van der Waals surface area (Å²) in [7, 11) is 0. The molecule has 4 nitrogen and oxygen atoms in total. The molecular formula is C12H20N2O2. The molecule has 0 unspecified atom stereocenters. The van der Waals surface area contributed by atoms with Crippen molar-refractivity contribution in [1.82, 2.24) is 4.90 Å². The van der Waals surface area contributed by atoms with Crippen LogP contribution >= 0.6 is 0 Å². The van der Waals surface area contributed by atoms with E-state index < -0.39 is 0 Å². The molecule has 0 aromatic heterocycles. The number of hydrogen-bond donors (Lipinski definition) is 0. The van der Waals surface area contributed by atoms with Crippen LogP contribution in [0.1, 0.15) is 27.2 Å². The minimum atomic E-state index is -0.313. The van der Waals surface area contributed by atoms with Crippen molar-refractivity contribution in [2.75, 3.05) is 19.7 Å². The van der Waals surface area contributed by atoms with Crippen molar-refractivity contribution < 1.29 is 9.53 Å². The molecule has 90 valence electrons. The van der Waals surface area contributed by atoms with Crippen LogP contribution in [0.5, 0.6) is 0 Å². The van der Waals surface area contributed by atoms with E-state index in [-0.39, 0.29) is 5.97 Å². The largest absolute Gasteiger partial charge is 0.463 e. The molecule has 0 atom stereocenters. The van der Waals surface area contributed by atoms with Crippen molar-refractivity contribution in [3.63, 3.8) is 0 Å². The van der Waals surface area contributed by atoms with Crippen LogP contribution in [0.2, 0.25) is 0 Å². The number of nitrogens with zero attached hydrogens (tertiary/aromatic N) is 2. The van der Waals surface area contributed by atoms with Gasteiger partial charge in [-0.1, -0.05) is 6.08 Å². The quantitative estimate of drug-likeness (QED) is 0.488. The first kappa shape index (κ1) is 14.7. The van der Waals surface area contributed by atoms with E-state index in [2.05, 4.69) is 24.8 Å². The molecule has 0 rings (SSSR count). The number of carbonyl (C=O) groups excluding carboxylic acids is 1.